The highest BCUT2D eigenvalue weighted by atomic mass is 16.3. The van der Waals surface area contributed by atoms with E-state index < -0.39 is 5.91 Å². The Labute approximate surface area is 142 Å². The summed E-state index contributed by atoms with van der Waals surface area (Å²) in [4.78, 5) is 12.1. The average molecular weight is 323 g/mol. The first-order chi connectivity index (χ1) is 11.4. The van der Waals surface area contributed by atoms with Crippen LogP contribution in [0.25, 0.3) is 0 Å². The van der Waals surface area contributed by atoms with E-state index in [1.165, 1.54) is 12.5 Å². The predicted molar refractivity (Wildman–Crippen MR) is 93.0 cm³/mol. The molecule has 0 fully saturated rings. The van der Waals surface area contributed by atoms with Gasteiger partial charge in [-0.1, -0.05) is 39.0 Å². The van der Waals surface area contributed by atoms with E-state index in [-0.39, 0.29) is 17.5 Å². The van der Waals surface area contributed by atoms with Crippen molar-refractivity contribution in [1.82, 2.24) is 5.32 Å². The lowest BCUT2D eigenvalue weighted by Gasteiger charge is -2.22. The molecule has 1 amide bonds. The number of nitrogens with one attached hydrogen (secondary N) is 2. The van der Waals surface area contributed by atoms with Gasteiger partial charge in [-0.2, -0.15) is 5.26 Å². The van der Waals surface area contributed by atoms with Gasteiger partial charge in [0.15, 0.2) is 0 Å². The fourth-order valence-electron chi connectivity index (χ4n) is 2.24. The number of amides is 1. The maximum Gasteiger partial charge on any atom is 0.263 e. The van der Waals surface area contributed by atoms with Crippen molar-refractivity contribution in [3.63, 3.8) is 0 Å². The molecule has 1 heterocycles. The quantitative estimate of drug-likeness (QED) is 0.649. The first kappa shape index (κ1) is 17.4. The maximum absolute atomic E-state index is 12.1. The number of hydrogen-bond donors (Lipinski definition) is 2. The Morgan fingerprint density at radius 3 is 2.62 bits per heavy atom. The van der Waals surface area contributed by atoms with Crippen LogP contribution in [0.2, 0.25) is 0 Å². The number of benzene rings is 1. The van der Waals surface area contributed by atoms with E-state index in [9.17, 15) is 10.1 Å². The highest BCUT2D eigenvalue weighted by molar-refractivity contribution is 5.97. The Balaban J connectivity index is 2.09. The summed E-state index contributed by atoms with van der Waals surface area (Å²) in [5.41, 5.74) is 1.93. The molecular formula is C19H21N3O2. The van der Waals surface area contributed by atoms with Crippen molar-refractivity contribution in [2.24, 2.45) is 0 Å². The lowest BCUT2D eigenvalue weighted by atomic mass is 9.86. The lowest BCUT2D eigenvalue weighted by Crippen LogP contribution is -2.24. The summed E-state index contributed by atoms with van der Waals surface area (Å²) in [6.07, 6.45) is 2.97. The van der Waals surface area contributed by atoms with Gasteiger partial charge in [-0.3, -0.25) is 4.79 Å². The van der Waals surface area contributed by atoms with Crippen LogP contribution in [0.4, 0.5) is 5.69 Å². The van der Waals surface area contributed by atoms with E-state index in [0.717, 1.165) is 11.3 Å². The fourth-order valence-corrected chi connectivity index (χ4v) is 2.24. The van der Waals surface area contributed by atoms with Crippen LogP contribution < -0.4 is 10.6 Å². The Kier molecular flexibility index (Phi) is 5.43. The van der Waals surface area contributed by atoms with E-state index in [4.69, 9.17) is 4.42 Å². The normalized spacial score (nSPS) is 11.7. The predicted octanol–water partition coefficient (Wildman–Crippen LogP) is 3.71. The van der Waals surface area contributed by atoms with Gasteiger partial charge in [0, 0.05) is 11.9 Å². The molecule has 5 nitrogen and oxygen atoms in total. The summed E-state index contributed by atoms with van der Waals surface area (Å²) in [5, 5.41) is 14.9. The van der Waals surface area contributed by atoms with E-state index in [2.05, 4.69) is 31.4 Å². The molecule has 0 bridgehead atoms. The molecule has 2 N–H and O–H groups in total. The summed E-state index contributed by atoms with van der Waals surface area (Å²) in [6, 6.07) is 13.2. The van der Waals surface area contributed by atoms with Gasteiger partial charge in [0.1, 0.15) is 17.4 Å². The second kappa shape index (κ2) is 7.51. The number of hydrogen-bond acceptors (Lipinski definition) is 4. The highest BCUT2D eigenvalue weighted by Gasteiger charge is 2.17. The van der Waals surface area contributed by atoms with Gasteiger partial charge in [0.2, 0.25) is 0 Å². The third kappa shape index (κ3) is 4.50. The molecule has 0 unspecified atom stereocenters. The zero-order valence-corrected chi connectivity index (χ0v) is 14.1. The van der Waals surface area contributed by atoms with Gasteiger partial charge in [-0.15, -0.1) is 0 Å². The zero-order valence-electron chi connectivity index (χ0n) is 14.1. The second-order valence-corrected chi connectivity index (χ2v) is 6.37. The monoisotopic (exact) mass is 323 g/mol. The summed E-state index contributed by atoms with van der Waals surface area (Å²) < 4.78 is 5.15. The molecule has 0 aliphatic rings. The molecule has 2 aromatic rings. The number of furan rings is 1. The molecule has 124 valence electrons. The first-order valence-electron chi connectivity index (χ1n) is 7.68. The van der Waals surface area contributed by atoms with Crippen molar-refractivity contribution in [1.29, 1.82) is 5.26 Å². The molecule has 0 radical (unpaired) electrons. The van der Waals surface area contributed by atoms with Gasteiger partial charge in [0.05, 0.1) is 12.8 Å². The molecule has 0 atom stereocenters. The number of para-hydroxylation sites is 1. The third-order valence-corrected chi connectivity index (χ3v) is 3.48. The van der Waals surface area contributed by atoms with E-state index in [0.29, 0.717) is 5.76 Å². The standard InChI is InChI=1S/C19H21N3O2/c1-19(2,3)16-8-4-5-9-17(16)21-12-14(11-20)18(23)22-13-15-7-6-10-24-15/h4-10,12,21H,13H2,1-3H3,(H,22,23)/b14-12-. The fraction of sp³-hybridized carbons (Fsp3) is 0.263. The number of anilines is 1. The van der Waals surface area contributed by atoms with Crippen molar-refractivity contribution < 1.29 is 9.21 Å². The largest absolute Gasteiger partial charge is 0.467 e. The minimum absolute atomic E-state index is 0.00488. The average Bonchev–Trinajstić information content (AvgIpc) is 3.06. The summed E-state index contributed by atoms with van der Waals surface area (Å²) >= 11 is 0. The molecule has 0 spiro atoms. The first-order valence-corrected chi connectivity index (χ1v) is 7.68. The number of rotatable bonds is 5. The van der Waals surface area contributed by atoms with Crippen LogP contribution in [0.1, 0.15) is 32.1 Å². The van der Waals surface area contributed by atoms with E-state index in [1.807, 2.05) is 30.3 Å². The zero-order chi connectivity index (χ0) is 17.6. The van der Waals surface area contributed by atoms with Crippen LogP contribution in [0, 0.1) is 11.3 Å². The van der Waals surface area contributed by atoms with Gasteiger partial charge in [-0.05, 0) is 29.2 Å². The van der Waals surface area contributed by atoms with Crippen molar-refractivity contribution in [2.45, 2.75) is 32.7 Å². The molecule has 1 aromatic carbocycles. The molecule has 0 aliphatic heterocycles. The molecule has 5 heteroatoms. The van der Waals surface area contributed by atoms with Gasteiger partial charge < -0.3 is 15.1 Å². The minimum Gasteiger partial charge on any atom is -0.467 e. The number of nitriles is 1. The molecule has 2 rings (SSSR count). The SMILES string of the molecule is CC(C)(C)c1ccccc1N/C=C(/C#N)C(=O)NCc1ccco1. The van der Waals surface area contributed by atoms with Crippen LogP contribution in [-0.2, 0) is 16.8 Å². The molecule has 0 saturated carbocycles. The smallest absolute Gasteiger partial charge is 0.263 e. The minimum atomic E-state index is -0.449. The molecule has 24 heavy (non-hydrogen) atoms. The highest BCUT2D eigenvalue weighted by Crippen LogP contribution is 2.29. The topological polar surface area (TPSA) is 78.1 Å². The third-order valence-electron chi connectivity index (χ3n) is 3.48. The van der Waals surface area contributed by atoms with Crippen molar-refractivity contribution in [3.8, 4) is 6.07 Å². The van der Waals surface area contributed by atoms with Gasteiger partial charge in [-0.25, -0.2) is 0 Å². The Bertz CT molecular complexity index is 763. The van der Waals surface area contributed by atoms with Crippen LogP contribution >= 0.6 is 0 Å². The maximum atomic E-state index is 12.1. The van der Waals surface area contributed by atoms with Crippen molar-refractivity contribution in [2.75, 3.05) is 5.32 Å². The number of carbonyl (C=O) groups excluding carboxylic acids is 1. The Morgan fingerprint density at radius 2 is 2.00 bits per heavy atom. The van der Waals surface area contributed by atoms with Gasteiger partial charge in [0.25, 0.3) is 5.91 Å². The molecule has 0 saturated heterocycles. The summed E-state index contributed by atoms with van der Waals surface area (Å²) in [5.74, 6) is 0.182. The van der Waals surface area contributed by atoms with E-state index in [1.54, 1.807) is 12.1 Å². The summed E-state index contributed by atoms with van der Waals surface area (Å²) in [7, 11) is 0. The van der Waals surface area contributed by atoms with Crippen LogP contribution in [0.3, 0.4) is 0 Å². The Morgan fingerprint density at radius 1 is 1.25 bits per heavy atom. The Hall–Kier alpha value is -3.00. The van der Waals surface area contributed by atoms with E-state index >= 15 is 0 Å². The lowest BCUT2D eigenvalue weighted by molar-refractivity contribution is -0.117. The number of carbonyl (C=O) groups is 1. The molecule has 0 aliphatic carbocycles. The van der Waals surface area contributed by atoms with Crippen LogP contribution in [-0.4, -0.2) is 5.91 Å². The van der Waals surface area contributed by atoms with Crippen LogP contribution in [0.5, 0.6) is 0 Å². The molecule has 1 aromatic heterocycles. The van der Waals surface area contributed by atoms with Crippen molar-refractivity contribution in [3.05, 3.63) is 65.8 Å². The summed E-state index contributed by atoms with van der Waals surface area (Å²) in [6.45, 7) is 6.57. The molecular weight excluding hydrogens is 302 g/mol. The van der Waals surface area contributed by atoms with Gasteiger partial charge >= 0.3 is 0 Å². The van der Waals surface area contributed by atoms with Crippen LogP contribution in [0.15, 0.2) is 58.9 Å². The second-order valence-electron chi connectivity index (χ2n) is 6.37. The number of nitrogens with zero attached hydrogens (tertiary/aromatic N) is 1. The van der Waals surface area contributed by atoms with Crippen molar-refractivity contribution >= 4 is 11.6 Å².